The largest absolute Gasteiger partial charge is 0.506 e. The minimum Gasteiger partial charge on any atom is -0.506 e. The Kier molecular flexibility index (Phi) is 4.39. The van der Waals surface area contributed by atoms with E-state index < -0.39 is 0 Å². The Morgan fingerprint density at radius 3 is 2.55 bits per heavy atom. The summed E-state index contributed by atoms with van der Waals surface area (Å²) in [5.41, 5.74) is 0.865. The summed E-state index contributed by atoms with van der Waals surface area (Å²) < 4.78 is 5.34. The SMILES string of the molecule is C=CCOc1ccc(C(=O)Nc2ccccc2O)cc1. The molecule has 0 aliphatic heterocycles. The third kappa shape index (κ3) is 3.38. The van der Waals surface area contributed by atoms with E-state index in [2.05, 4.69) is 11.9 Å². The number of hydrogen-bond donors (Lipinski definition) is 2. The van der Waals surface area contributed by atoms with Gasteiger partial charge in [-0.1, -0.05) is 24.8 Å². The van der Waals surface area contributed by atoms with Crippen molar-refractivity contribution >= 4 is 11.6 Å². The van der Waals surface area contributed by atoms with Crippen molar-refractivity contribution in [3.8, 4) is 11.5 Å². The second-order valence-electron chi connectivity index (χ2n) is 4.10. The number of aromatic hydroxyl groups is 1. The van der Waals surface area contributed by atoms with Crippen molar-refractivity contribution < 1.29 is 14.6 Å². The number of para-hydroxylation sites is 2. The van der Waals surface area contributed by atoms with Crippen LogP contribution in [0, 0.1) is 0 Å². The molecule has 102 valence electrons. The van der Waals surface area contributed by atoms with Gasteiger partial charge >= 0.3 is 0 Å². The maximum atomic E-state index is 12.0. The van der Waals surface area contributed by atoms with Gasteiger partial charge in [0, 0.05) is 5.56 Å². The van der Waals surface area contributed by atoms with E-state index in [4.69, 9.17) is 4.74 Å². The average Bonchev–Trinajstić information content (AvgIpc) is 2.48. The molecule has 1 amide bonds. The van der Waals surface area contributed by atoms with E-state index in [1.807, 2.05) is 0 Å². The first kappa shape index (κ1) is 13.7. The van der Waals surface area contributed by atoms with Gasteiger partial charge in [0.25, 0.3) is 5.91 Å². The van der Waals surface area contributed by atoms with Crippen LogP contribution in [0.3, 0.4) is 0 Å². The zero-order valence-corrected chi connectivity index (χ0v) is 10.9. The maximum Gasteiger partial charge on any atom is 0.255 e. The van der Waals surface area contributed by atoms with Gasteiger partial charge in [-0.05, 0) is 36.4 Å². The van der Waals surface area contributed by atoms with Crippen molar-refractivity contribution in [2.45, 2.75) is 0 Å². The van der Waals surface area contributed by atoms with Gasteiger partial charge in [0.15, 0.2) is 0 Å². The van der Waals surface area contributed by atoms with Crippen molar-refractivity contribution in [2.24, 2.45) is 0 Å². The first-order chi connectivity index (χ1) is 9.70. The number of nitrogens with one attached hydrogen (secondary N) is 1. The summed E-state index contributed by atoms with van der Waals surface area (Å²) in [5.74, 6) is 0.414. The van der Waals surface area contributed by atoms with E-state index in [-0.39, 0.29) is 11.7 Å². The van der Waals surface area contributed by atoms with E-state index in [1.54, 1.807) is 48.5 Å². The molecule has 2 N–H and O–H groups in total. The molecule has 2 aromatic carbocycles. The highest BCUT2D eigenvalue weighted by atomic mass is 16.5. The highest BCUT2D eigenvalue weighted by Gasteiger charge is 2.08. The molecule has 0 saturated heterocycles. The fourth-order valence-corrected chi connectivity index (χ4v) is 1.63. The molecule has 2 aromatic rings. The molecule has 0 aromatic heterocycles. The number of ether oxygens (including phenoxy) is 1. The lowest BCUT2D eigenvalue weighted by atomic mass is 10.2. The van der Waals surface area contributed by atoms with Gasteiger partial charge in [0.1, 0.15) is 18.1 Å². The van der Waals surface area contributed by atoms with Crippen molar-refractivity contribution in [3.05, 3.63) is 66.7 Å². The molecule has 0 spiro atoms. The Morgan fingerprint density at radius 2 is 1.90 bits per heavy atom. The third-order valence-electron chi connectivity index (χ3n) is 2.64. The van der Waals surface area contributed by atoms with Crippen molar-refractivity contribution in [1.82, 2.24) is 0 Å². The van der Waals surface area contributed by atoms with Crippen LogP contribution in [-0.2, 0) is 0 Å². The number of amides is 1. The number of anilines is 1. The fraction of sp³-hybridized carbons (Fsp3) is 0.0625. The summed E-state index contributed by atoms with van der Waals surface area (Å²) in [5, 5.41) is 12.2. The van der Waals surface area contributed by atoms with Crippen molar-refractivity contribution in [1.29, 1.82) is 0 Å². The molecule has 0 radical (unpaired) electrons. The molecular formula is C16H15NO3. The van der Waals surface area contributed by atoms with Gasteiger partial charge in [0.05, 0.1) is 5.69 Å². The first-order valence-corrected chi connectivity index (χ1v) is 6.14. The number of hydrogen-bond acceptors (Lipinski definition) is 3. The predicted octanol–water partition coefficient (Wildman–Crippen LogP) is 3.21. The van der Waals surface area contributed by atoms with Crippen LogP contribution in [0.25, 0.3) is 0 Å². The van der Waals surface area contributed by atoms with Gasteiger partial charge in [-0.15, -0.1) is 0 Å². The zero-order chi connectivity index (χ0) is 14.4. The molecule has 0 aliphatic carbocycles. The third-order valence-corrected chi connectivity index (χ3v) is 2.64. The quantitative estimate of drug-likeness (QED) is 0.647. The number of carbonyl (C=O) groups is 1. The Hall–Kier alpha value is -2.75. The van der Waals surface area contributed by atoms with Crippen LogP contribution in [0.2, 0.25) is 0 Å². The number of phenolic OH excluding ortho intramolecular Hbond substituents is 1. The monoisotopic (exact) mass is 269 g/mol. The summed E-state index contributed by atoms with van der Waals surface area (Å²) in [6.45, 7) is 3.98. The van der Waals surface area contributed by atoms with Crippen LogP contribution in [-0.4, -0.2) is 17.6 Å². The minimum absolute atomic E-state index is 0.0341. The summed E-state index contributed by atoms with van der Waals surface area (Å²) in [6.07, 6.45) is 1.65. The molecule has 0 heterocycles. The predicted molar refractivity (Wildman–Crippen MR) is 78.2 cm³/mol. The molecule has 0 aliphatic rings. The first-order valence-electron chi connectivity index (χ1n) is 6.14. The average molecular weight is 269 g/mol. The van der Waals surface area contributed by atoms with Gasteiger partial charge in [-0.3, -0.25) is 4.79 Å². The molecule has 0 bridgehead atoms. The van der Waals surface area contributed by atoms with Gasteiger partial charge in [-0.2, -0.15) is 0 Å². The smallest absolute Gasteiger partial charge is 0.255 e. The zero-order valence-electron chi connectivity index (χ0n) is 10.9. The molecule has 2 rings (SSSR count). The van der Waals surface area contributed by atoms with E-state index in [0.717, 1.165) is 0 Å². The molecule has 4 nitrogen and oxygen atoms in total. The normalized spacial score (nSPS) is 9.80. The molecule has 0 atom stereocenters. The summed E-state index contributed by atoms with van der Waals surface area (Å²) >= 11 is 0. The Balaban J connectivity index is 2.06. The van der Waals surface area contributed by atoms with E-state index in [9.17, 15) is 9.90 Å². The van der Waals surface area contributed by atoms with Crippen molar-refractivity contribution in [2.75, 3.05) is 11.9 Å². The lowest BCUT2D eigenvalue weighted by molar-refractivity contribution is 0.102. The summed E-state index contributed by atoms with van der Waals surface area (Å²) in [7, 11) is 0. The fourth-order valence-electron chi connectivity index (χ4n) is 1.63. The Morgan fingerprint density at radius 1 is 1.20 bits per heavy atom. The van der Waals surface area contributed by atoms with E-state index in [0.29, 0.717) is 23.6 Å². The number of benzene rings is 2. The van der Waals surface area contributed by atoms with E-state index in [1.165, 1.54) is 6.07 Å². The Bertz CT molecular complexity index is 605. The van der Waals surface area contributed by atoms with Crippen LogP contribution >= 0.6 is 0 Å². The van der Waals surface area contributed by atoms with Gasteiger partial charge < -0.3 is 15.2 Å². The minimum atomic E-state index is -0.290. The molecule has 4 heteroatoms. The molecule has 0 saturated carbocycles. The van der Waals surface area contributed by atoms with Crippen LogP contribution < -0.4 is 10.1 Å². The Labute approximate surface area is 117 Å². The van der Waals surface area contributed by atoms with Crippen LogP contribution in [0.1, 0.15) is 10.4 Å². The number of phenols is 1. The second-order valence-corrected chi connectivity index (χ2v) is 4.10. The van der Waals surface area contributed by atoms with E-state index >= 15 is 0 Å². The van der Waals surface area contributed by atoms with Crippen molar-refractivity contribution in [3.63, 3.8) is 0 Å². The summed E-state index contributed by atoms with van der Waals surface area (Å²) in [4.78, 5) is 12.0. The van der Waals surface area contributed by atoms with Crippen LogP contribution in [0.5, 0.6) is 11.5 Å². The highest BCUT2D eigenvalue weighted by Crippen LogP contribution is 2.22. The maximum absolute atomic E-state index is 12.0. The van der Waals surface area contributed by atoms with Gasteiger partial charge in [0.2, 0.25) is 0 Å². The summed E-state index contributed by atoms with van der Waals surface area (Å²) in [6, 6.07) is 13.3. The molecule has 0 unspecified atom stereocenters. The number of rotatable bonds is 5. The highest BCUT2D eigenvalue weighted by molar-refractivity contribution is 6.05. The molecule has 20 heavy (non-hydrogen) atoms. The molecular weight excluding hydrogens is 254 g/mol. The van der Waals surface area contributed by atoms with Crippen LogP contribution in [0.15, 0.2) is 61.2 Å². The van der Waals surface area contributed by atoms with Gasteiger partial charge in [-0.25, -0.2) is 0 Å². The number of carbonyl (C=O) groups excluding carboxylic acids is 1. The molecule has 0 fully saturated rings. The second kappa shape index (κ2) is 6.43. The lowest BCUT2D eigenvalue weighted by Crippen LogP contribution is -2.11. The lowest BCUT2D eigenvalue weighted by Gasteiger charge is -2.08. The van der Waals surface area contributed by atoms with Crippen LogP contribution in [0.4, 0.5) is 5.69 Å². The topological polar surface area (TPSA) is 58.6 Å². The standard InChI is InChI=1S/C16H15NO3/c1-2-11-20-13-9-7-12(8-10-13)16(19)17-14-5-3-4-6-15(14)18/h2-10,18H,1,11H2,(H,17,19).